The molecule has 198 valence electrons. The number of hydrogen-bond acceptors (Lipinski definition) is 6. The number of nitrogens with zero attached hydrogens (tertiary/aromatic N) is 4. The molecule has 0 aliphatic carbocycles. The van der Waals surface area contributed by atoms with E-state index < -0.39 is 36.2 Å². The summed E-state index contributed by atoms with van der Waals surface area (Å²) in [5.41, 5.74) is 6.82. The fourth-order valence-corrected chi connectivity index (χ4v) is 3.08. The van der Waals surface area contributed by atoms with Crippen LogP contribution in [0.15, 0.2) is 66.3 Å². The van der Waals surface area contributed by atoms with Gasteiger partial charge in [0.25, 0.3) is 0 Å². The Hall–Kier alpha value is -4.07. The summed E-state index contributed by atoms with van der Waals surface area (Å²) in [5, 5.41) is 18.9. The first kappa shape index (κ1) is 27.5. The number of nitrogens with two attached hydrogens (primary N) is 1. The summed E-state index contributed by atoms with van der Waals surface area (Å²) >= 11 is 0. The molecule has 0 saturated carbocycles. The maximum Gasteiger partial charge on any atom is 0.340 e. The van der Waals surface area contributed by atoms with Crippen LogP contribution in [0, 0.1) is 11.6 Å². The molecule has 14 heteroatoms. The van der Waals surface area contributed by atoms with Crippen molar-refractivity contribution in [2.75, 3.05) is 13.2 Å². The number of hydrazone groups is 1. The summed E-state index contributed by atoms with van der Waals surface area (Å²) in [7, 11) is 0. The Morgan fingerprint density at radius 2 is 1.92 bits per heavy atom. The zero-order valence-corrected chi connectivity index (χ0v) is 19.0. The second-order valence-electron chi connectivity index (χ2n) is 7.87. The van der Waals surface area contributed by atoms with E-state index in [-0.39, 0.29) is 30.2 Å². The lowest BCUT2D eigenvalue weighted by molar-refractivity contribution is -0.148. The van der Waals surface area contributed by atoms with E-state index in [1.165, 1.54) is 53.8 Å². The summed E-state index contributed by atoms with van der Waals surface area (Å²) in [6, 6.07) is 8.33. The van der Waals surface area contributed by atoms with Crippen LogP contribution in [0.4, 0.5) is 26.3 Å². The summed E-state index contributed by atoms with van der Waals surface area (Å²) < 4.78 is 84.0. The number of ether oxygens (including phenoxy) is 1. The van der Waals surface area contributed by atoms with E-state index in [2.05, 4.69) is 20.6 Å². The number of aliphatic hydroxyl groups is 1. The Morgan fingerprint density at radius 1 is 1.19 bits per heavy atom. The number of benzene rings is 2. The standard InChI is InChI=1S/C23H22F6N6O2/c24-16-4-7-18(19(25)9-16)22(36,11-35-14-31-13-33-35)10-32-34-20(30)8-3-15-1-5-17(6-2-15)37-12-23(28,29)21(26)27/h1-9,13-14,21,32,36H,10-12H2,(H2,30,34)/b8-3+. The van der Waals surface area contributed by atoms with Gasteiger partial charge in [-0.15, -0.1) is 0 Å². The van der Waals surface area contributed by atoms with Crippen LogP contribution < -0.4 is 15.9 Å². The van der Waals surface area contributed by atoms with Gasteiger partial charge in [0, 0.05) is 11.6 Å². The predicted molar refractivity (Wildman–Crippen MR) is 122 cm³/mol. The fraction of sp³-hybridized carbons (Fsp3) is 0.261. The number of alkyl halides is 4. The summed E-state index contributed by atoms with van der Waals surface area (Å²) in [4.78, 5) is 3.77. The van der Waals surface area contributed by atoms with Gasteiger partial charge in [-0.2, -0.15) is 19.0 Å². The van der Waals surface area contributed by atoms with Gasteiger partial charge in [-0.1, -0.05) is 24.3 Å². The molecule has 1 aromatic heterocycles. The minimum Gasteiger partial charge on any atom is -0.487 e. The van der Waals surface area contributed by atoms with Gasteiger partial charge in [-0.3, -0.25) is 0 Å². The zero-order valence-electron chi connectivity index (χ0n) is 19.0. The first-order valence-electron chi connectivity index (χ1n) is 10.6. The van der Waals surface area contributed by atoms with E-state index in [9.17, 15) is 31.4 Å². The Morgan fingerprint density at radius 3 is 2.54 bits per heavy atom. The third-order valence-electron chi connectivity index (χ3n) is 4.98. The maximum absolute atomic E-state index is 14.4. The molecule has 0 aliphatic rings. The van der Waals surface area contributed by atoms with Crippen molar-refractivity contribution in [3.63, 3.8) is 0 Å². The van der Waals surface area contributed by atoms with E-state index in [0.717, 1.165) is 12.1 Å². The molecule has 0 spiro atoms. The number of amidine groups is 1. The average molecular weight is 528 g/mol. The molecule has 4 N–H and O–H groups in total. The number of hydrogen-bond donors (Lipinski definition) is 3. The van der Waals surface area contributed by atoms with Crippen molar-refractivity contribution >= 4 is 11.9 Å². The third kappa shape index (κ3) is 7.70. The Labute approximate surface area is 207 Å². The van der Waals surface area contributed by atoms with E-state index in [1.807, 2.05) is 0 Å². The third-order valence-corrected chi connectivity index (χ3v) is 4.98. The Bertz CT molecular complexity index is 1220. The molecule has 0 aliphatic heterocycles. The molecule has 37 heavy (non-hydrogen) atoms. The lowest BCUT2D eigenvalue weighted by Crippen LogP contribution is -2.41. The molecule has 0 bridgehead atoms. The van der Waals surface area contributed by atoms with Crippen LogP contribution >= 0.6 is 0 Å². The fourth-order valence-electron chi connectivity index (χ4n) is 3.08. The molecule has 1 heterocycles. The molecular formula is C23H22F6N6O2. The number of nitrogens with one attached hydrogen (secondary N) is 1. The molecule has 8 nitrogen and oxygen atoms in total. The van der Waals surface area contributed by atoms with Crippen LogP contribution in [0.2, 0.25) is 0 Å². The van der Waals surface area contributed by atoms with Gasteiger partial charge >= 0.3 is 12.3 Å². The molecule has 3 rings (SSSR count). The predicted octanol–water partition coefficient (Wildman–Crippen LogP) is 3.30. The highest BCUT2D eigenvalue weighted by molar-refractivity contribution is 5.94. The van der Waals surface area contributed by atoms with Crippen molar-refractivity contribution < 1.29 is 36.2 Å². The first-order valence-corrected chi connectivity index (χ1v) is 10.6. The molecule has 1 atom stereocenters. The monoisotopic (exact) mass is 528 g/mol. The quantitative estimate of drug-likeness (QED) is 0.144. The molecule has 1 unspecified atom stereocenters. The van der Waals surface area contributed by atoms with E-state index >= 15 is 0 Å². The van der Waals surface area contributed by atoms with Crippen molar-refractivity contribution in [2.45, 2.75) is 24.5 Å². The molecule has 3 aromatic rings. The molecular weight excluding hydrogens is 506 g/mol. The average Bonchev–Trinajstić information content (AvgIpc) is 3.34. The minimum atomic E-state index is -4.26. The van der Waals surface area contributed by atoms with Gasteiger partial charge in [0.05, 0.1) is 13.1 Å². The smallest absolute Gasteiger partial charge is 0.340 e. The largest absolute Gasteiger partial charge is 0.487 e. The van der Waals surface area contributed by atoms with Crippen molar-refractivity contribution in [3.8, 4) is 5.75 Å². The lowest BCUT2D eigenvalue weighted by Gasteiger charge is -2.28. The molecule has 0 fully saturated rings. The van der Waals surface area contributed by atoms with Gasteiger partial charge in [0.15, 0.2) is 6.61 Å². The second-order valence-corrected chi connectivity index (χ2v) is 7.87. The van der Waals surface area contributed by atoms with Crippen molar-refractivity contribution in [1.29, 1.82) is 0 Å². The molecule has 0 saturated heterocycles. The highest BCUT2D eigenvalue weighted by atomic mass is 19.3. The molecule has 0 radical (unpaired) electrons. The maximum atomic E-state index is 14.4. The Kier molecular flexibility index (Phi) is 8.76. The van der Waals surface area contributed by atoms with Gasteiger partial charge in [-0.25, -0.2) is 27.2 Å². The van der Waals surface area contributed by atoms with Crippen molar-refractivity contribution in [2.24, 2.45) is 10.8 Å². The molecule has 0 amide bonds. The zero-order chi connectivity index (χ0) is 27.1. The van der Waals surface area contributed by atoms with Crippen LogP contribution in [-0.2, 0) is 12.1 Å². The topological polar surface area (TPSA) is 111 Å². The van der Waals surface area contributed by atoms with Gasteiger partial charge in [-0.05, 0) is 29.8 Å². The minimum absolute atomic E-state index is 0.0273. The van der Waals surface area contributed by atoms with Gasteiger partial charge in [0.2, 0.25) is 0 Å². The Balaban J connectivity index is 1.63. The van der Waals surface area contributed by atoms with E-state index in [4.69, 9.17) is 10.5 Å². The highest BCUT2D eigenvalue weighted by Crippen LogP contribution is 2.26. The van der Waals surface area contributed by atoms with Gasteiger partial charge < -0.3 is 21.0 Å². The summed E-state index contributed by atoms with van der Waals surface area (Å²) in [6.07, 6.45) is 1.60. The van der Waals surface area contributed by atoms with Crippen LogP contribution in [0.1, 0.15) is 11.1 Å². The van der Waals surface area contributed by atoms with Crippen LogP contribution in [0.3, 0.4) is 0 Å². The van der Waals surface area contributed by atoms with Crippen LogP contribution in [-0.4, -0.2) is 51.2 Å². The van der Waals surface area contributed by atoms with Crippen molar-refractivity contribution in [3.05, 3.63) is 84.0 Å². The first-order chi connectivity index (χ1) is 17.5. The molecule has 2 aromatic carbocycles. The highest BCUT2D eigenvalue weighted by Gasteiger charge is 2.41. The van der Waals surface area contributed by atoms with Crippen LogP contribution in [0.5, 0.6) is 5.75 Å². The summed E-state index contributed by atoms with van der Waals surface area (Å²) in [5.74, 6) is -6.11. The van der Waals surface area contributed by atoms with E-state index in [0.29, 0.717) is 11.6 Å². The number of aromatic nitrogens is 3. The van der Waals surface area contributed by atoms with Gasteiger partial charge in [0.1, 0.15) is 41.5 Å². The van der Waals surface area contributed by atoms with Crippen LogP contribution in [0.25, 0.3) is 6.08 Å². The number of rotatable bonds is 12. The second kappa shape index (κ2) is 11.8. The summed E-state index contributed by atoms with van der Waals surface area (Å²) in [6.45, 7) is -2.03. The van der Waals surface area contributed by atoms with Crippen molar-refractivity contribution in [1.82, 2.24) is 20.2 Å². The SMILES string of the molecule is NC(/C=C/c1ccc(OCC(F)(F)C(F)F)cc1)=N\NCC(O)(Cn1cncn1)c1ccc(F)cc1F. The lowest BCUT2D eigenvalue weighted by atomic mass is 9.93. The number of halogens is 6. The van der Waals surface area contributed by atoms with E-state index in [1.54, 1.807) is 0 Å². The normalized spacial score (nSPS) is 14.2.